The van der Waals surface area contributed by atoms with Crippen LogP contribution in [0.5, 0.6) is 0 Å². The van der Waals surface area contributed by atoms with E-state index in [2.05, 4.69) is 32.2 Å². The van der Waals surface area contributed by atoms with E-state index in [1.54, 1.807) is 11.8 Å². The smallest absolute Gasteiger partial charge is 0.228 e. The lowest BCUT2D eigenvalue weighted by molar-refractivity contribution is -0.115. The predicted octanol–water partition coefficient (Wildman–Crippen LogP) is 5.76. The van der Waals surface area contributed by atoms with Crippen molar-refractivity contribution in [2.75, 3.05) is 5.32 Å². The van der Waals surface area contributed by atoms with Crippen LogP contribution < -0.4 is 5.32 Å². The minimum absolute atomic E-state index is 0.0326. The summed E-state index contributed by atoms with van der Waals surface area (Å²) in [6, 6.07) is 14.1. The Morgan fingerprint density at radius 1 is 1.15 bits per heavy atom. The summed E-state index contributed by atoms with van der Waals surface area (Å²) < 4.78 is 0.0341. The van der Waals surface area contributed by atoms with E-state index in [0.29, 0.717) is 12.8 Å². The van der Waals surface area contributed by atoms with Crippen LogP contribution in [0.3, 0.4) is 0 Å². The summed E-state index contributed by atoms with van der Waals surface area (Å²) >= 11 is 1.73. The van der Waals surface area contributed by atoms with Gasteiger partial charge in [-0.3, -0.25) is 4.79 Å². The van der Waals surface area contributed by atoms with Crippen molar-refractivity contribution in [1.29, 1.82) is 0 Å². The number of carbonyl (C=O) groups excluding carboxylic acids is 2. The van der Waals surface area contributed by atoms with Crippen molar-refractivity contribution < 1.29 is 9.59 Å². The van der Waals surface area contributed by atoms with Crippen LogP contribution in [0.4, 0.5) is 5.69 Å². The highest BCUT2D eigenvalue weighted by Gasteiger charge is 2.18. The second-order valence-corrected chi connectivity index (χ2v) is 9.85. The van der Waals surface area contributed by atoms with Crippen LogP contribution >= 0.6 is 11.8 Å². The van der Waals surface area contributed by atoms with Gasteiger partial charge in [-0.15, -0.1) is 11.8 Å². The van der Waals surface area contributed by atoms with E-state index >= 15 is 0 Å². The first-order chi connectivity index (χ1) is 12.7. The molecule has 0 fully saturated rings. The van der Waals surface area contributed by atoms with Gasteiger partial charge in [0.05, 0.1) is 12.1 Å². The zero-order valence-electron chi connectivity index (χ0n) is 16.8. The molecule has 1 atom stereocenters. The van der Waals surface area contributed by atoms with E-state index in [1.165, 1.54) is 5.56 Å². The van der Waals surface area contributed by atoms with Gasteiger partial charge in [0, 0.05) is 16.1 Å². The van der Waals surface area contributed by atoms with Gasteiger partial charge in [-0.1, -0.05) is 63.6 Å². The highest BCUT2D eigenvalue weighted by atomic mass is 32.2. The second-order valence-electron chi connectivity index (χ2n) is 7.98. The van der Waals surface area contributed by atoms with Crippen molar-refractivity contribution in [3.8, 4) is 0 Å². The zero-order valence-corrected chi connectivity index (χ0v) is 17.7. The third kappa shape index (κ3) is 6.87. The Morgan fingerprint density at radius 2 is 1.81 bits per heavy atom. The quantitative estimate of drug-likeness (QED) is 0.488. The molecule has 0 bridgehead atoms. The molecule has 144 valence electrons. The molecule has 0 aliphatic heterocycles. The van der Waals surface area contributed by atoms with Gasteiger partial charge in [0.25, 0.3) is 0 Å². The van der Waals surface area contributed by atoms with E-state index in [4.69, 9.17) is 0 Å². The topological polar surface area (TPSA) is 46.2 Å². The molecule has 1 amide bonds. The van der Waals surface area contributed by atoms with Gasteiger partial charge in [-0.2, -0.15) is 0 Å². The van der Waals surface area contributed by atoms with Gasteiger partial charge < -0.3 is 10.1 Å². The molecule has 2 aromatic carbocycles. The summed E-state index contributed by atoms with van der Waals surface area (Å²) in [7, 11) is 0. The van der Waals surface area contributed by atoms with Gasteiger partial charge in [0.1, 0.15) is 6.29 Å². The highest BCUT2D eigenvalue weighted by molar-refractivity contribution is 8.00. The Labute approximate surface area is 166 Å². The van der Waals surface area contributed by atoms with Crippen molar-refractivity contribution in [3.63, 3.8) is 0 Å². The van der Waals surface area contributed by atoms with E-state index in [9.17, 15) is 9.59 Å². The fourth-order valence-corrected chi connectivity index (χ4v) is 3.75. The average molecular weight is 384 g/mol. The molecular weight excluding hydrogens is 354 g/mol. The molecule has 0 aromatic heterocycles. The molecular formula is C23H29NO2S. The Hall–Kier alpha value is -2.07. The monoisotopic (exact) mass is 383 g/mol. The van der Waals surface area contributed by atoms with Crippen LogP contribution in [-0.4, -0.2) is 16.9 Å². The Balaban J connectivity index is 2.24. The molecule has 1 N–H and O–H groups in total. The molecule has 27 heavy (non-hydrogen) atoms. The number of aryl methyl sites for hydroxylation is 1. The highest BCUT2D eigenvalue weighted by Crippen LogP contribution is 2.38. The number of carbonyl (C=O) groups is 2. The molecule has 0 aliphatic rings. The first-order valence-corrected chi connectivity index (χ1v) is 10.1. The molecule has 0 radical (unpaired) electrons. The fraction of sp³-hybridized carbons (Fsp3) is 0.391. The molecule has 0 heterocycles. The molecule has 0 saturated heterocycles. The van der Waals surface area contributed by atoms with Crippen LogP contribution in [0.25, 0.3) is 0 Å². The van der Waals surface area contributed by atoms with E-state index in [-0.39, 0.29) is 16.6 Å². The third-order valence-corrected chi connectivity index (χ3v) is 5.39. The van der Waals surface area contributed by atoms with Crippen molar-refractivity contribution in [2.24, 2.45) is 0 Å². The molecule has 2 rings (SSSR count). The number of anilines is 1. The molecule has 2 aromatic rings. The number of nitrogens with one attached hydrogen (secondary N) is 1. The lowest BCUT2D eigenvalue weighted by Crippen LogP contribution is -2.16. The summed E-state index contributed by atoms with van der Waals surface area (Å²) in [6.07, 6.45) is 1.76. The zero-order chi connectivity index (χ0) is 20.0. The Bertz CT molecular complexity index is 791. The second kappa shape index (κ2) is 9.23. The normalized spacial score (nSPS) is 12.5. The van der Waals surface area contributed by atoms with Crippen LogP contribution in [0.15, 0.2) is 47.4 Å². The maximum atomic E-state index is 12.6. The van der Waals surface area contributed by atoms with E-state index in [0.717, 1.165) is 28.0 Å². The molecule has 0 spiro atoms. The predicted molar refractivity (Wildman–Crippen MR) is 115 cm³/mol. The van der Waals surface area contributed by atoms with Crippen molar-refractivity contribution in [2.45, 2.75) is 63.0 Å². The number of rotatable bonds is 7. The molecule has 1 unspecified atom stereocenters. The first kappa shape index (κ1) is 21.2. The number of thioether (sulfide) groups is 1. The molecule has 0 aliphatic carbocycles. The summed E-state index contributed by atoms with van der Waals surface area (Å²) in [6.45, 7) is 10.5. The number of benzene rings is 2. The first-order valence-electron chi connectivity index (χ1n) is 9.30. The van der Waals surface area contributed by atoms with E-state index < -0.39 is 0 Å². The lowest BCUT2D eigenvalue weighted by Gasteiger charge is -2.21. The van der Waals surface area contributed by atoms with Gasteiger partial charge in [0.2, 0.25) is 5.91 Å². The standard InChI is InChI=1S/C23H29NO2S/c1-16-6-8-18(9-7-16)14-22(26)24-20-15-19(17(2)12-13-25)10-11-21(20)27-23(3,4)5/h6-11,13,15,17H,12,14H2,1-5H3,(H,24,26). The van der Waals surface area contributed by atoms with E-state index in [1.807, 2.05) is 50.2 Å². The summed E-state index contributed by atoms with van der Waals surface area (Å²) in [5, 5.41) is 3.09. The summed E-state index contributed by atoms with van der Waals surface area (Å²) in [5.41, 5.74) is 4.06. The van der Waals surface area contributed by atoms with Gasteiger partial charge in [0.15, 0.2) is 0 Å². The maximum absolute atomic E-state index is 12.6. The Morgan fingerprint density at radius 3 is 2.41 bits per heavy atom. The number of hydrogen-bond donors (Lipinski definition) is 1. The number of hydrogen-bond acceptors (Lipinski definition) is 3. The minimum atomic E-state index is -0.0326. The van der Waals surface area contributed by atoms with Gasteiger partial charge in [-0.25, -0.2) is 0 Å². The van der Waals surface area contributed by atoms with Crippen molar-refractivity contribution in [1.82, 2.24) is 0 Å². The molecule has 0 saturated carbocycles. The maximum Gasteiger partial charge on any atom is 0.228 e. The Kier molecular flexibility index (Phi) is 7.25. The molecule has 3 nitrogen and oxygen atoms in total. The van der Waals surface area contributed by atoms with Gasteiger partial charge >= 0.3 is 0 Å². The fourth-order valence-electron chi connectivity index (χ4n) is 2.74. The third-order valence-electron chi connectivity index (χ3n) is 4.20. The van der Waals surface area contributed by atoms with Gasteiger partial charge in [-0.05, 0) is 36.1 Å². The number of aldehydes is 1. The summed E-state index contributed by atoms with van der Waals surface area (Å²) in [4.78, 5) is 24.5. The SMILES string of the molecule is Cc1ccc(CC(=O)Nc2cc(C(C)CC=O)ccc2SC(C)(C)C)cc1. The lowest BCUT2D eigenvalue weighted by atomic mass is 9.98. The largest absolute Gasteiger partial charge is 0.325 e. The van der Waals surface area contributed by atoms with Crippen molar-refractivity contribution in [3.05, 3.63) is 59.2 Å². The van der Waals surface area contributed by atoms with Crippen LogP contribution in [0.1, 0.15) is 56.7 Å². The van der Waals surface area contributed by atoms with Crippen LogP contribution in [0.2, 0.25) is 0 Å². The average Bonchev–Trinajstić information content (AvgIpc) is 2.57. The van der Waals surface area contributed by atoms with Crippen molar-refractivity contribution >= 4 is 29.6 Å². The summed E-state index contributed by atoms with van der Waals surface area (Å²) in [5.74, 6) is 0.0961. The molecule has 4 heteroatoms. The minimum Gasteiger partial charge on any atom is -0.325 e. The number of amides is 1. The van der Waals surface area contributed by atoms with Crippen LogP contribution in [0, 0.1) is 6.92 Å². The van der Waals surface area contributed by atoms with Crippen LogP contribution in [-0.2, 0) is 16.0 Å².